The van der Waals surface area contributed by atoms with E-state index in [1.807, 2.05) is 22.4 Å². The number of aromatic nitrogens is 2. The second kappa shape index (κ2) is 7.14. The van der Waals surface area contributed by atoms with Crippen molar-refractivity contribution in [2.45, 2.75) is 25.7 Å². The van der Waals surface area contributed by atoms with Gasteiger partial charge in [-0.05, 0) is 30.0 Å². The van der Waals surface area contributed by atoms with E-state index in [1.165, 1.54) is 11.3 Å². The van der Waals surface area contributed by atoms with E-state index < -0.39 is 17.6 Å². The first-order valence-corrected chi connectivity index (χ1v) is 9.43. The van der Waals surface area contributed by atoms with Crippen molar-refractivity contribution in [1.29, 1.82) is 0 Å². The third-order valence-corrected chi connectivity index (χ3v) is 5.56. The molecule has 0 saturated heterocycles. The normalized spacial score (nSPS) is 14.9. The van der Waals surface area contributed by atoms with Gasteiger partial charge in [-0.2, -0.15) is 13.2 Å². The Morgan fingerprint density at radius 1 is 1.25 bits per heavy atom. The van der Waals surface area contributed by atoms with Crippen molar-refractivity contribution in [3.8, 4) is 10.7 Å². The average Bonchev–Trinajstić information content (AvgIpc) is 3.17. The topological polar surface area (TPSA) is 49.0 Å². The third kappa shape index (κ3) is 3.72. The summed E-state index contributed by atoms with van der Waals surface area (Å²) in [4.78, 5) is 22.4. The molecule has 3 aromatic rings. The first kappa shape index (κ1) is 18.8. The van der Waals surface area contributed by atoms with Crippen LogP contribution < -0.4 is 5.56 Å². The van der Waals surface area contributed by atoms with Crippen LogP contribution in [0.3, 0.4) is 0 Å². The van der Waals surface area contributed by atoms with Crippen LogP contribution in [-0.2, 0) is 25.7 Å². The summed E-state index contributed by atoms with van der Waals surface area (Å²) >= 11 is 1.46. The van der Waals surface area contributed by atoms with Crippen LogP contribution in [0.25, 0.3) is 10.7 Å². The van der Waals surface area contributed by atoms with Gasteiger partial charge < -0.3 is 4.98 Å². The van der Waals surface area contributed by atoms with E-state index in [-0.39, 0.29) is 17.7 Å². The van der Waals surface area contributed by atoms with E-state index in [9.17, 15) is 22.4 Å². The van der Waals surface area contributed by atoms with Gasteiger partial charge in [0.1, 0.15) is 5.82 Å². The lowest BCUT2D eigenvalue weighted by Crippen LogP contribution is -2.35. The van der Waals surface area contributed by atoms with Crippen LogP contribution in [0.2, 0.25) is 0 Å². The molecule has 1 aromatic carbocycles. The number of hydrogen-bond donors (Lipinski definition) is 1. The minimum atomic E-state index is -4.58. The summed E-state index contributed by atoms with van der Waals surface area (Å²) in [6.45, 7) is 0.973. The number of thiophene rings is 1. The van der Waals surface area contributed by atoms with Gasteiger partial charge in [-0.3, -0.25) is 9.69 Å². The number of nitrogens with zero attached hydrogens (tertiary/aromatic N) is 2. The van der Waals surface area contributed by atoms with Gasteiger partial charge in [0.05, 0.1) is 16.1 Å². The summed E-state index contributed by atoms with van der Waals surface area (Å²) in [7, 11) is 0. The molecule has 0 amide bonds. The molecule has 1 N–H and O–H groups in total. The predicted molar refractivity (Wildman–Crippen MR) is 97.4 cm³/mol. The molecule has 0 radical (unpaired) electrons. The smallest absolute Gasteiger partial charge is 0.306 e. The van der Waals surface area contributed by atoms with Crippen LogP contribution in [0.15, 0.2) is 40.5 Å². The Morgan fingerprint density at radius 3 is 2.75 bits per heavy atom. The first-order valence-electron chi connectivity index (χ1n) is 8.55. The molecule has 0 saturated carbocycles. The molecule has 0 aliphatic carbocycles. The lowest BCUT2D eigenvalue weighted by atomic mass is 10.0. The Balaban J connectivity index is 1.57. The van der Waals surface area contributed by atoms with Crippen LogP contribution >= 0.6 is 11.3 Å². The van der Waals surface area contributed by atoms with Gasteiger partial charge in [0.25, 0.3) is 5.56 Å². The number of hydrogen-bond acceptors (Lipinski definition) is 4. The summed E-state index contributed by atoms with van der Waals surface area (Å²) in [6.07, 6.45) is -4.13. The zero-order chi connectivity index (χ0) is 19.9. The standard InChI is InChI=1S/C19H15F4N3OS/c20-14-8-12(19(21,22)23)4-3-11(14)9-26-6-5-13-15(10-26)24-17(25-18(13)27)16-2-1-7-28-16/h1-4,7-8H,5-6,9-10H2,(H,24,25,27). The lowest BCUT2D eigenvalue weighted by Gasteiger charge is -2.28. The Labute approximate surface area is 161 Å². The van der Waals surface area contributed by atoms with E-state index >= 15 is 0 Å². The highest BCUT2D eigenvalue weighted by Crippen LogP contribution is 2.31. The molecular formula is C19H15F4N3OS. The van der Waals surface area contributed by atoms with Gasteiger partial charge in [0, 0.05) is 30.8 Å². The van der Waals surface area contributed by atoms with Gasteiger partial charge >= 0.3 is 6.18 Å². The van der Waals surface area contributed by atoms with Crippen LogP contribution in [0.1, 0.15) is 22.4 Å². The molecule has 9 heteroatoms. The van der Waals surface area contributed by atoms with Gasteiger partial charge in [-0.25, -0.2) is 9.37 Å². The molecular weight excluding hydrogens is 394 g/mol. The second-order valence-electron chi connectivity index (χ2n) is 6.58. The maximum atomic E-state index is 14.1. The molecule has 1 aliphatic rings. The monoisotopic (exact) mass is 409 g/mol. The molecule has 2 aromatic heterocycles. The number of halogens is 4. The molecule has 3 heterocycles. The number of nitrogens with one attached hydrogen (secondary N) is 1. The Bertz CT molecular complexity index is 1060. The number of fused-ring (bicyclic) bond motifs is 1. The minimum Gasteiger partial charge on any atom is -0.306 e. The van der Waals surface area contributed by atoms with Gasteiger partial charge in [0.15, 0.2) is 5.82 Å². The first-order chi connectivity index (χ1) is 13.3. The van der Waals surface area contributed by atoms with Crippen LogP contribution in [-0.4, -0.2) is 21.4 Å². The van der Waals surface area contributed by atoms with Gasteiger partial charge in [-0.15, -0.1) is 11.3 Å². The van der Waals surface area contributed by atoms with E-state index in [4.69, 9.17) is 0 Å². The molecule has 1 aliphatic heterocycles. The van der Waals surface area contributed by atoms with Crippen molar-refractivity contribution in [3.05, 3.63) is 74.3 Å². The fourth-order valence-electron chi connectivity index (χ4n) is 3.25. The number of H-pyrrole nitrogens is 1. The van der Waals surface area contributed by atoms with E-state index in [2.05, 4.69) is 9.97 Å². The van der Waals surface area contributed by atoms with Crippen molar-refractivity contribution < 1.29 is 17.6 Å². The van der Waals surface area contributed by atoms with Crippen molar-refractivity contribution in [2.75, 3.05) is 6.54 Å². The zero-order valence-electron chi connectivity index (χ0n) is 14.5. The highest BCUT2D eigenvalue weighted by atomic mass is 32.1. The van der Waals surface area contributed by atoms with E-state index in [0.29, 0.717) is 42.7 Å². The molecule has 0 atom stereocenters. The Kier molecular flexibility index (Phi) is 4.80. The minimum absolute atomic E-state index is 0.145. The Morgan fingerprint density at radius 2 is 2.07 bits per heavy atom. The van der Waals surface area contributed by atoms with Crippen molar-refractivity contribution in [1.82, 2.24) is 14.9 Å². The zero-order valence-corrected chi connectivity index (χ0v) is 15.3. The molecule has 146 valence electrons. The second-order valence-corrected chi connectivity index (χ2v) is 7.53. The summed E-state index contributed by atoms with van der Waals surface area (Å²) in [5, 5.41) is 1.88. The van der Waals surface area contributed by atoms with Crippen molar-refractivity contribution in [3.63, 3.8) is 0 Å². The van der Waals surface area contributed by atoms with E-state index in [1.54, 1.807) is 0 Å². The number of rotatable bonds is 3. The molecule has 4 nitrogen and oxygen atoms in total. The summed E-state index contributed by atoms with van der Waals surface area (Å²) in [6, 6.07) is 6.28. The maximum Gasteiger partial charge on any atom is 0.416 e. The highest BCUT2D eigenvalue weighted by molar-refractivity contribution is 7.13. The molecule has 4 rings (SSSR count). The van der Waals surface area contributed by atoms with Crippen LogP contribution in [0.4, 0.5) is 17.6 Å². The predicted octanol–water partition coefficient (Wildman–Crippen LogP) is 4.21. The fourth-order valence-corrected chi connectivity index (χ4v) is 3.92. The number of aromatic amines is 1. The summed E-state index contributed by atoms with van der Waals surface area (Å²) < 4.78 is 52.2. The third-order valence-electron chi connectivity index (χ3n) is 4.68. The van der Waals surface area contributed by atoms with Crippen molar-refractivity contribution >= 4 is 11.3 Å². The SMILES string of the molecule is O=c1[nH]c(-c2cccs2)nc2c1CCN(Cc1ccc(C(F)(F)F)cc1F)C2. The molecule has 0 fully saturated rings. The molecule has 0 spiro atoms. The Hall–Kier alpha value is -2.52. The molecule has 0 unspecified atom stereocenters. The summed E-state index contributed by atoms with van der Waals surface area (Å²) in [5.74, 6) is -0.403. The van der Waals surface area contributed by atoms with Crippen LogP contribution in [0, 0.1) is 5.82 Å². The average molecular weight is 409 g/mol. The fraction of sp³-hybridized carbons (Fsp3) is 0.263. The van der Waals surface area contributed by atoms with E-state index in [0.717, 1.165) is 17.0 Å². The molecule has 28 heavy (non-hydrogen) atoms. The lowest BCUT2D eigenvalue weighted by molar-refractivity contribution is -0.137. The van der Waals surface area contributed by atoms with Crippen LogP contribution in [0.5, 0.6) is 0 Å². The molecule has 0 bridgehead atoms. The largest absolute Gasteiger partial charge is 0.416 e. The summed E-state index contributed by atoms with van der Waals surface area (Å²) in [5.41, 5.74) is 0.204. The number of alkyl halides is 3. The number of benzene rings is 1. The van der Waals surface area contributed by atoms with Gasteiger partial charge in [-0.1, -0.05) is 12.1 Å². The quantitative estimate of drug-likeness (QED) is 0.660. The maximum absolute atomic E-state index is 14.1. The highest BCUT2D eigenvalue weighted by Gasteiger charge is 2.31. The van der Waals surface area contributed by atoms with Gasteiger partial charge in [0.2, 0.25) is 0 Å². The van der Waals surface area contributed by atoms with Crippen molar-refractivity contribution in [2.24, 2.45) is 0 Å².